The molecule has 0 atom stereocenters. The van der Waals surface area contributed by atoms with Gasteiger partial charge < -0.3 is 9.84 Å². The first-order valence-electron chi connectivity index (χ1n) is 9.51. The highest BCUT2D eigenvalue weighted by molar-refractivity contribution is 5.98. The van der Waals surface area contributed by atoms with Crippen LogP contribution in [0, 0.1) is 0 Å². The molecule has 0 spiro atoms. The van der Waals surface area contributed by atoms with E-state index in [0.29, 0.717) is 6.61 Å². The van der Waals surface area contributed by atoms with Crippen LogP contribution in [0.3, 0.4) is 0 Å². The van der Waals surface area contributed by atoms with Crippen LogP contribution in [0.5, 0.6) is 5.75 Å². The summed E-state index contributed by atoms with van der Waals surface area (Å²) in [4.78, 5) is 0. The Morgan fingerprint density at radius 3 is 1.85 bits per heavy atom. The van der Waals surface area contributed by atoms with E-state index in [2.05, 4.69) is 79.7 Å². The highest BCUT2D eigenvalue weighted by atomic mass is 16.5. The fourth-order valence-electron chi connectivity index (χ4n) is 3.30. The minimum absolute atomic E-state index is 0.0194. The normalized spacial score (nSPS) is 11.8. The Kier molecular flexibility index (Phi) is 6.84. The quantitative estimate of drug-likeness (QED) is 0.514. The number of rotatable bonds is 8. The Morgan fingerprint density at radius 1 is 0.741 bits per heavy atom. The van der Waals surface area contributed by atoms with Gasteiger partial charge in [-0.3, -0.25) is 0 Å². The summed E-state index contributed by atoms with van der Waals surface area (Å²) < 4.78 is 5.52. The molecule has 27 heavy (non-hydrogen) atoms. The number of hydrogen-bond acceptors (Lipinski definition) is 2. The van der Waals surface area contributed by atoms with Crippen molar-refractivity contribution in [1.82, 2.24) is 0 Å². The highest BCUT2D eigenvalue weighted by Gasteiger charge is 2.13. The van der Waals surface area contributed by atoms with E-state index in [1.54, 1.807) is 0 Å². The van der Waals surface area contributed by atoms with Crippen LogP contribution in [0.1, 0.15) is 36.5 Å². The number of hydrogen-bond donors (Lipinski definition) is 1. The Morgan fingerprint density at radius 2 is 1.30 bits per heavy atom. The van der Waals surface area contributed by atoms with E-state index < -0.39 is 0 Å². The lowest BCUT2D eigenvalue weighted by molar-refractivity contribution is 0.201. The van der Waals surface area contributed by atoms with Crippen molar-refractivity contribution in [1.29, 1.82) is 0 Å². The number of aliphatic hydroxyl groups is 1. The summed E-state index contributed by atoms with van der Waals surface area (Å²) >= 11 is 0. The summed E-state index contributed by atoms with van der Waals surface area (Å²) in [6.07, 6.45) is 2.09. The predicted molar refractivity (Wildman–Crippen MR) is 113 cm³/mol. The van der Waals surface area contributed by atoms with Crippen molar-refractivity contribution in [2.75, 3.05) is 13.2 Å². The summed E-state index contributed by atoms with van der Waals surface area (Å²) in [6.45, 7) is 2.55. The predicted octanol–water partition coefficient (Wildman–Crippen LogP) is 5.82. The molecule has 0 unspecified atom stereocenters. The maximum atomic E-state index is 8.94. The van der Waals surface area contributed by atoms with Gasteiger partial charge in [0.15, 0.2) is 0 Å². The van der Waals surface area contributed by atoms with Crippen LogP contribution in [0.25, 0.3) is 11.1 Å². The lowest BCUT2D eigenvalue weighted by Gasteiger charge is -2.17. The molecule has 2 nitrogen and oxygen atoms in total. The summed E-state index contributed by atoms with van der Waals surface area (Å²) in [5, 5.41) is 8.94. The smallest absolute Gasteiger partial charge is 0.119 e. The van der Waals surface area contributed by atoms with Crippen LogP contribution in [0.15, 0.2) is 84.9 Å². The van der Waals surface area contributed by atoms with E-state index in [1.165, 1.54) is 27.8 Å². The van der Waals surface area contributed by atoms with E-state index in [-0.39, 0.29) is 6.61 Å². The number of allylic oxidation sites excluding steroid dienone is 1. The van der Waals surface area contributed by atoms with Gasteiger partial charge in [-0.25, -0.2) is 0 Å². The van der Waals surface area contributed by atoms with Gasteiger partial charge in [-0.2, -0.15) is 0 Å². The van der Waals surface area contributed by atoms with Gasteiger partial charge in [0.1, 0.15) is 12.4 Å². The largest absolute Gasteiger partial charge is 0.491 e. The second-order valence-electron chi connectivity index (χ2n) is 6.43. The zero-order valence-electron chi connectivity index (χ0n) is 15.8. The number of ether oxygens (including phenoxy) is 1. The standard InChI is InChI=1S/C25H26O2/c1-2-9-24(20-10-5-3-6-11-20)25(21-12-7-4-8-13-21)22-14-16-23(17-15-22)27-19-18-26/h3-8,10-17,26H,2,9,18-19H2,1H3/b25-24-. The Hall–Kier alpha value is -2.84. The van der Waals surface area contributed by atoms with Crippen molar-refractivity contribution in [3.8, 4) is 5.75 Å². The molecule has 3 aromatic rings. The average molecular weight is 358 g/mol. The second-order valence-corrected chi connectivity index (χ2v) is 6.43. The molecule has 3 rings (SSSR count). The molecule has 0 saturated heterocycles. The molecule has 0 bridgehead atoms. The first-order valence-corrected chi connectivity index (χ1v) is 9.51. The Bertz CT molecular complexity index is 850. The molecule has 2 heteroatoms. The van der Waals surface area contributed by atoms with Gasteiger partial charge in [-0.05, 0) is 46.4 Å². The zero-order valence-corrected chi connectivity index (χ0v) is 15.8. The number of aliphatic hydroxyl groups excluding tert-OH is 1. The molecule has 0 radical (unpaired) electrons. The molecular formula is C25H26O2. The lowest BCUT2D eigenvalue weighted by atomic mass is 9.87. The van der Waals surface area contributed by atoms with Crippen LogP contribution < -0.4 is 4.74 Å². The summed E-state index contributed by atoms with van der Waals surface area (Å²) in [7, 11) is 0. The minimum Gasteiger partial charge on any atom is -0.491 e. The van der Waals surface area contributed by atoms with Crippen LogP contribution >= 0.6 is 0 Å². The fourth-order valence-corrected chi connectivity index (χ4v) is 3.30. The second kappa shape index (κ2) is 9.75. The topological polar surface area (TPSA) is 29.5 Å². The van der Waals surface area contributed by atoms with Crippen molar-refractivity contribution < 1.29 is 9.84 Å². The molecule has 0 fully saturated rings. The molecule has 1 N–H and O–H groups in total. The third-order valence-corrected chi connectivity index (χ3v) is 4.49. The Balaban J connectivity index is 2.13. The summed E-state index contributed by atoms with van der Waals surface area (Å²) in [6, 6.07) is 29.3. The average Bonchev–Trinajstić information content (AvgIpc) is 2.74. The van der Waals surface area contributed by atoms with E-state index >= 15 is 0 Å². The van der Waals surface area contributed by atoms with E-state index in [9.17, 15) is 0 Å². The third-order valence-electron chi connectivity index (χ3n) is 4.49. The van der Waals surface area contributed by atoms with Crippen molar-refractivity contribution in [2.24, 2.45) is 0 Å². The van der Waals surface area contributed by atoms with Gasteiger partial charge in [-0.15, -0.1) is 0 Å². The molecule has 3 aromatic carbocycles. The van der Waals surface area contributed by atoms with Crippen molar-refractivity contribution in [3.63, 3.8) is 0 Å². The summed E-state index contributed by atoms with van der Waals surface area (Å²) in [5.74, 6) is 0.775. The lowest BCUT2D eigenvalue weighted by Crippen LogP contribution is -2.01. The molecule has 0 aliphatic carbocycles. The van der Waals surface area contributed by atoms with Crippen LogP contribution in [0.2, 0.25) is 0 Å². The SMILES string of the molecule is CCC/C(=C(\c1ccccc1)c1ccc(OCCO)cc1)c1ccccc1. The molecular weight excluding hydrogens is 332 g/mol. The van der Waals surface area contributed by atoms with E-state index in [1.807, 2.05) is 12.1 Å². The molecule has 0 saturated carbocycles. The van der Waals surface area contributed by atoms with E-state index in [4.69, 9.17) is 9.84 Å². The molecule has 0 aliphatic heterocycles. The maximum Gasteiger partial charge on any atom is 0.119 e. The minimum atomic E-state index is 0.0194. The molecule has 0 heterocycles. The van der Waals surface area contributed by atoms with Crippen molar-refractivity contribution in [2.45, 2.75) is 19.8 Å². The molecule has 0 aliphatic rings. The maximum absolute atomic E-state index is 8.94. The van der Waals surface area contributed by atoms with Crippen LogP contribution in [0.4, 0.5) is 0 Å². The van der Waals surface area contributed by atoms with Gasteiger partial charge in [0.05, 0.1) is 6.61 Å². The van der Waals surface area contributed by atoms with Crippen LogP contribution in [-0.2, 0) is 0 Å². The zero-order chi connectivity index (χ0) is 18.9. The van der Waals surface area contributed by atoms with Crippen molar-refractivity contribution in [3.05, 3.63) is 102 Å². The highest BCUT2D eigenvalue weighted by Crippen LogP contribution is 2.35. The first kappa shape index (κ1) is 18.9. The van der Waals surface area contributed by atoms with Gasteiger partial charge in [0.2, 0.25) is 0 Å². The monoisotopic (exact) mass is 358 g/mol. The number of benzene rings is 3. The van der Waals surface area contributed by atoms with Gasteiger partial charge in [0, 0.05) is 0 Å². The Labute approximate surface area is 161 Å². The first-order chi connectivity index (χ1) is 13.3. The summed E-state index contributed by atoms with van der Waals surface area (Å²) in [5.41, 5.74) is 6.27. The fraction of sp³-hybridized carbons (Fsp3) is 0.200. The van der Waals surface area contributed by atoms with Crippen molar-refractivity contribution >= 4 is 11.1 Å². The van der Waals surface area contributed by atoms with Gasteiger partial charge in [0.25, 0.3) is 0 Å². The van der Waals surface area contributed by atoms with Crippen LogP contribution in [-0.4, -0.2) is 18.3 Å². The molecule has 138 valence electrons. The van der Waals surface area contributed by atoms with Gasteiger partial charge >= 0.3 is 0 Å². The molecule has 0 amide bonds. The van der Waals surface area contributed by atoms with Gasteiger partial charge in [-0.1, -0.05) is 86.1 Å². The molecule has 0 aromatic heterocycles. The van der Waals surface area contributed by atoms with E-state index in [0.717, 1.165) is 18.6 Å². The third kappa shape index (κ3) is 4.87.